The van der Waals surface area contributed by atoms with Gasteiger partial charge in [0.25, 0.3) is 10.0 Å². The Morgan fingerprint density at radius 1 is 0.972 bits per heavy atom. The number of anilines is 2. The van der Waals surface area contributed by atoms with Crippen LogP contribution in [0.5, 0.6) is 0 Å². The molecule has 180 valence electrons. The Morgan fingerprint density at radius 2 is 1.81 bits per heavy atom. The zero-order valence-corrected chi connectivity index (χ0v) is 20.0. The summed E-state index contributed by atoms with van der Waals surface area (Å²) in [6.45, 7) is 0.506. The van der Waals surface area contributed by atoms with Gasteiger partial charge in [-0.3, -0.25) is 4.98 Å². The summed E-state index contributed by atoms with van der Waals surface area (Å²) in [6, 6.07) is 21.3. The van der Waals surface area contributed by atoms with Gasteiger partial charge in [-0.25, -0.2) is 18.0 Å². The van der Waals surface area contributed by atoms with Gasteiger partial charge in [0.05, 0.1) is 17.4 Å². The summed E-state index contributed by atoms with van der Waals surface area (Å²) in [7, 11) is -3.89. The second-order valence-corrected chi connectivity index (χ2v) is 10.5. The van der Waals surface area contributed by atoms with Crippen LogP contribution in [0.3, 0.4) is 0 Å². The minimum Gasteiger partial charge on any atom is -0.339 e. The number of fused-ring (bicyclic) bond motifs is 2. The smallest absolute Gasteiger partial charge is 0.266 e. The number of rotatable bonds is 6. The molecule has 6 rings (SSSR count). The number of hydrogen-bond donors (Lipinski definition) is 1. The van der Waals surface area contributed by atoms with Crippen molar-refractivity contribution < 1.29 is 13.0 Å². The van der Waals surface area contributed by atoms with Crippen LogP contribution in [-0.2, 0) is 29.4 Å². The summed E-state index contributed by atoms with van der Waals surface area (Å²) in [5, 5.41) is 11.9. The summed E-state index contributed by atoms with van der Waals surface area (Å²) >= 11 is 0. The first-order valence-electron chi connectivity index (χ1n) is 11.5. The molecule has 0 saturated heterocycles. The van der Waals surface area contributed by atoms with Crippen LogP contribution in [-0.4, -0.2) is 39.5 Å². The molecule has 9 nitrogen and oxygen atoms in total. The number of sulfonamides is 1. The van der Waals surface area contributed by atoms with Crippen LogP contribution in [0, 0.1) is 0 Å². The lowest BCUT2D eigenvalue weighted by atomic mass is 10.0. The first kappa shape index (κ1) is 22.3. The zero-order chi connectivity index (χ0) is 24.5. The minimum atomic E-state index is -3.89. The number of aromatic nitrogens is 4. The van der Waals surface area contributed by atoms with Gasteiger partial charge in [-0.2, -0.15) is 4.31 Å². The van der Waals surface area contributed by atoms with Gasteiger partial charge in [0.2, 0.25) is 5.03 Å². The van der Waals surface area contributed by atoms with E-state index in [0.717, 1.165) is 33.3 Å². The molecule has 1 aliphatic rings. The Labute approximate surface area is 207 Å². The maximum atomic E-state index is 13.5. The van der Waals surface area contributed by atoms with Crippen molar-refractivity contribution in [1.82, 2.24) is 24.6 Å². The molecule has 0 spiro atoms. The van der Waals surface area contributed by atoms with Crippen molar-refractivity contribution in [2.45, 2.75) is 24.4 Å². The number of pyridine rings is 2. The minimum absolute atomic E-state index is 0.135. The van der Waals surface area contributed by atoms with Gasteiger partial charge < -0.3 is 5.32 Å². The number of nitrogens with zero attached hydrogens (tertiary/aromatic N) is 5. The Hall–Kier alpha value is -4.15. The van der Waals surface area contributed by atoms with Crippen LogP contribution in [0.4, 0.5) is 11.5 Å². The predicted molar refractivity (Wildman–Crippen MR) is 134 cm³/mol. The van der Waals surface area contributed by atoms with Gasteiger partial charge in [0.1, 0.15) is 11.5 Å². The topological polar surface area (TPSA) is 114 Å². The highest BCUT2D eigenvalue weighted by atomic mass is 32.2. The molecule has 5 aromatic rings. The molecule has 0 bridgehead atoms. The lowest BCUT2D eigenvalue weighted by Crippen LogP contribution is -2.37. The van der Waals surface area contributed by atoms with Crippen LogP contribution in [0.2, 0.25) is 0 Å². The van der Waals surface area contributed by atoms with Crippen molar-refractivity contribution >= 4 is 32.4 Å². The maximum absolute atomic E-state index is 13.5. The monoisotopic (exact) mass is 498 g/mol. The quantitative estimate of drug-likeness (QED) is 0.372. The summed E-state index contributed by atoms with van der Waals surface area (Å²) in [4.78, 5) is 9.02. The van der Waals surface area contributed by atoms with Crippen LogP contribution in [0.15, 0.2) is 88.8 Å². The SMILES string of the molecule is O=S(=O)(c1nonc1Cc1ccccc1)N1CCc2c(ccnc2Nc2cnc3ccccc3c2)C1. The molecule has 1 N–H and O–H groups in total. The number of hydrogen-bond acceptors (Lipinski definition) is 8. The Bertz CT molecular complexity index is 1650. The average Bonchev–Trinajstić information content (AvgIpc) is 3.38. The fourth-order valence-electron chi connectivity index (χ4n) is 4.47. The first-order valence-corrected chi connectivity index (χ1v) is 13.0. The third-order valence-corrected chi connectivity index (χ3v) is 8.07. The summed E-state index contributed by atoms with van der Waals surface area (Å²) in [5.74, 6) is 0.703. The van der Waals surface area contributed by atoms with E-state index in [0.29, 0.717) is 30.9 Å². The molecule has 10 heteroatoms. The summed E-state index contributed by atoms with van der Waals surface area (Å²) in [5.41, 5.74) is 4.84. The maximum Gasteiger partial charge on any atom is 0.266 e. The summed E-state index contributed by atoms with van der Waals surface area (Å²) in [6.07, 6.45) is 4.28. The molecule has 4 heterocycles. The van der Waals surface area contributed by atoms with Crippen molar-refractivity contribution in [2.75, 3.05) is 11.9 Å². The molecule has 1 aliphatic heterocycles. The van der Waals surface area contributed by atoms with Gasteiger partial charge in [-0.1, -0.05) is 53.7 Å². The molecular weight excluding hydrogens is 476 g/mol. The number of nitrogens with one attached hydrogen (secondary N) is 1. The highest BCUT2D eigenvalue weighted by molar-refractivity contribution is 7.89. The van der Waals surface area contributed by atoms with E-state index in [1.807, 2.05) is 66.7 Å². The fourth-order valence-corrected chi connectivity index (χ4v) is 5.89. The molecule has 36 heavy (non-hydrogen) atoms. The van der Waals surface area contributed by atoms with Gasteiger partial charge >= 0.3 is 0 Å². The molecule has 0 amide bonds. The van der Waals surface area contributed by atoms with Crippen molar-refractivity contribution in [3.63, 3.8) is 0 Å². The van der Waals surface area contributed by atoms with E-state index in [9.17, 15) is 8.42 Å². The molecule has 0 fully saturated rings. The second-order valence-electron chi connectivity index (χ2n) is 8.61. The van der Waals surface area contributed by atoms with Crippen molar-refractivity contribution in [3.05, 3.63) is 102 Å². The van der Waals surface area contributed by atoms with Crippen LogP contribution < -0.4 is 5.32 Å². The van der Waals surface area contributed by atoms with Crippen LogP contribution in [0.25, 0.3) is 10.9 Å². The standard InChI is InChI=1S/C26H22N6O3S/c33-36(34,26-24(30-35-31-26)14-18-6-2-1-3-7-18)32-13-11-22-20(17-32)10-12-27-25(22)29-21-15-19-8-4-5-9-23(19)28-16-21/h1-10,12,15-16H,11,13-14,17H2,(H,27,29). The van der Waals surface area contributed by atoms with Crippen molar-refractivity contribution in [1.29, 1.82) is 0 Å². The Morgan fingerprint density at radius 3 is 2.69 bits per heavy atom. The van der Waals surface area contributed by atoms with E-state index in [-0.39, 0.29) is 11.6 Å². The molecule has 0 unspecified atom stereocenters. The zero-order valence-electron chi connectivity index (χ0n) is 19.2. The lowest BCUT2D eigenvalue weighted by molar-refractivity contribution is 0.293. The van der Waals surface area contributed by atoms with E-state index in [1.54, 1.807) is 12.4 Å². The van der Waals surface area contributed by atoms with Gasteiger partial charge in [0.15, 0.2) is 0 Å². The molecular formula is C26H22N6O3S. The van der Waals surface area contributed by atoms with Gasteiger partial charge in [0, 0.05) is 36.7 Å². The van der Waals surface area contributed by atoms with E-state index in [2.05, 4.69) is 25.6 Å². The molecule has 0 radical (unpaired) electrons. The van der Waals surface area contributed by atoms with Crippen LogP contribution in [0.1, 0.15) is 22.4 Å². The van der Waals surface area contributed by atoms with Crippen molar-refractivity contribution in [3.8, 4) is 0 Å². The van der Waals surface area contributed by atoms with E-state index >= 15 is 0 Å². The largest absolute Gasteiger partial charge is 0.339 e. The number of para-hydroxylation sites is 1. The fraction of sp³-hybridized carbons (Fsp3) is 0.154. The molecule has 0 atom stereocenters. The average molecular weight is 499 g/mol. The molecule has 0 aliphatic carbocycles. The normalized spacial score (nSPS) is 14.0. The van der Waals surface area contributed by atoms with E-state index < -0.39 is 10.0 Å². The summed E-state index contributed by atoms with van der Waals surface area (Å²) < 4.78 is 33.3. The Balaban J connectivity index is 1.25. The number of benzene rings is 2. The molecule has 3 aromatic heterocycles. The Kier molecular flexibility index (Phi) is 5.67. The predicted octanol–water partition coefficient (Wildman–Crippen LogP) is 4.09. The highest BCUT2D eigenvalue weighted by Gasteiger charge is 2.34. The van der Waals surface area contributed by atoms with Gasteiger partial charge in [-0.05, 0) is 40.9 Å². The molecule has 2 aromatic carbocycles. The lowest BCUT2D eigenvalue weighted by Gasteiger charge is -2.28. The first-order chi connectivity index (χ1) is 17.6. The second kappa shape index (κ2) is 9.14. The van der Waals surface area contributed by atoms with E-state index in [4.69, 9.17) is 4.63 Å². The van der Waals surface area contributed by atoms with Gasteiger partial charge in [-0.15, -0.1) is 0 Å². The van der Waals surface area contributed by atoms with Crippen LogP contribution >= 0.6 is 0 Å². The molecule has 0 saturated carbocycles. The van der Waals surface area contributed by atoms with Crippen molar-refractivity contribution in [2.24, 2.45) is 0 Å². The third kappa shape index (κ3) is 4.21. The third-order valence-electron chi connectivity index (χ3n) is 6.28. The van der Waals surface area contributed by atoms with E-state index in [1.165, 1.54) is 4.31 Å². The highest BCUT2D eigenvalue weighted by Crippen LogP contribution is 2.30.